The number of benzene rings is 1. The molecule has 2 aromatic rings. The first-order valence-electron chi connectivity index (χ1n) is 5.41. The van der Waals surface area contributed by atoms with Gasteiger partial charge in [-0.05, 0) is 30.0 Å². The van der Waals surface area contributed by atoms with Crippen molar-refractivity contribution in [2.24, 2.45) is 0 Å². The fourth-order valence-electron chi connectivity index (χ4n) is 1.70. The first-order chi connectivity index (χ1) is 8.65. The molecule has 0 bridgehead atoms. The number of carbonyl (C=O) groups is 2. The molecule has 0 spiro atoms. The Morgan fingerprint density at radius 2 is 1.78 bits per heavy atom. The molecule has 1 aromatic heterocycles. The molecule has 0 aliphatic carbocycles. The number of carbonyl (C=O) groups excluding carboxylic acids is 2. The van der Waals surface area contributed by atoms with E-state index in [1.807, 2.05) is 18.4 Å². The molecule has 0 saturated carbocycles. The number of aryl methyl sites for hydroxylation is 1. The van der Waals surface area contributed by atoms with Crippen LogP contribution in [0.3, 0.4) is 0 Å². The van der Waals surface area contributed by atoms with Crippen molar-refractivity contribution in [3.05, 3.63) is 57.3 Å². The Labute approximate surface area is 109 Å². The van der Waals surface area contributed by atoms with Gasteiger partial charge in [0.2, 0.25) is 5.78 Å². The molecule has 0 saturated heterocycles. The zero-order valence-corrected chi connectivity index (χ0v) is 10.9. The number of hydrogen-bond acceptors (Lipinski definition) is 4. The molecule has 3 nitrogen and oxygen atoms in total. The lowest BCUT2D eigenvalue weighted by Gasteiger charge is -2.06. The summed E-state index contributed by atoms with van der Waals surface area (Å²) in [6, 6.07) is 8.58. The molecule has 0 fully saturated rings. The quantitative estimate of drug-likeness (QED) is 0.629. The minimum atomic E-state index is -0.492. The Kier molecular flexibility index (Phi) is 3.58. The molecule has 2 rings (SSSR count). The average Bonchev–Trinajstić information content (AvgIpc) is 2.83. The maximum Gasteiger partial charge on any atom is 0.338 e. The smallest absolute Gasteiger partial charge is 0.338 e. The molecule has 1 aromatic carbocycles. The average molecular weight is 260 g/mol. The van der Waals surface area contributed by atoms with E-state index in [1.165, 1.54) is 18.4 Å². The van der Waals surface area contributed by atoms with Gasteiger partial charge in [-0.25, -0.2) is 4.79 Å². The second-order valence-corrected chi connectivity index (χ2v) is 4.72. The van der Waals surface area contributed by atoms with E-state index >= 15 is 0 Å². The summed E-state index contributed by atoms with van der Waals surface area (Å²) < 4.78 is 4.69. The monoisotopic (exact) mass is 260 g/mol. The Morgan fingerprint density at radius 3 is 2.33 bits per heavy atom. The molecule has 92 valence electrons. The lowest BCUT2D eigenvalue weighted by molar-refractivity contribution is 0.0597. The topological polar surface area (TPSA) is 43.4 Å². The van der Waals surface area contributed by atoms with Gasteiger partial charge in [-0.2, -0.15) is 0 Å². The number of ether oxygens (including phenoxy) is 1. The lowest BCUT2D eigenvalue weighted by Crippen LogP contribution is -2.10. The number of rotatable bonds is 3. The third kappa shape index (κ3) is 2.19. The van der Waals surface area contributed by atoms with Gasteiger partial charge in [-0.3, -0.25) is 4.79 Å². The highest BCUT2D eigenvalue weighted by Crippen LogP contribution is 2.22. The zero-order chi connectivity index (χ0) is 13.1. The van der Waals surface area contributed by atoms with Crippen LogP contribution in [-0.2, 0) is 4.74 Å². The predicted octanol–water partition coefficient (Wildman–Crippen LogP) is 3.07. The molecule has 0 unspecified atom stereocenters. The molecule has 0 aliphatic heterocycles. The summed E-state index contributed by atoms with van der Waals surface area (Å²) in [7, 11) is 1.31. The first-order valence-corrected chi connectivity index (χ1v) is 6.29. The minimum absolute atomic E-state index is 0.136. The van der Waals surface area contributed by atoms with Crippen LogP contribution in [0.1, 0.15) is 31.2 Å². The number of hydrogen-bond donors (Lipinski definition) is 0. The van der Waals surface area contributed by atoms with Crippen molar-refractivity contribution in [3.63, 3.8) is 0 Å². The molecule has 4 heteroatoms. The summed E-state index contributed by atoms with van der Waals surface area (Å²) in [5.41, 5.74) is 1.61. The van der Waals surface area contributed by atoms with Crippen molar-refractivity contribution in [2.75, 3.05) is 7.11 Å². The van der Waals surface area contributed by atoms with E-state index in [1.54, 1.807) is 24.3 Å². The number of thiophene rings is 1. The van der Waals surface area contributed by atoms with E-state index in [0.29, 0.717) is 16.0 Å². The molecule has 18 heavy (non-hydrogen) atoms. The van der Waals surface area contributed by atoms with Crippen LogP contribution < -0.4 is 0 Å². The third-order valence-electron chi connectivity index (χ3n) is 2.65. The highest BCUT2D eigenvalue weighted by molar-refractivity contribution is 7.12. The van der Waals surface area contributed by atoms with Crippen molar-refractivity contribution < 1.29 is 14.3 Å². The van der Waals surface area contributed by atoms with Crippen molar-refractivity contribution in [2.45, 2.75) is 6.92 Å². The Morgan fingerprint density at radius 1 is 1.11 bits per heavy atom. The standard InChI is InChI=1S/C14H12O3S/c1-9-7-8-18-13(9)12(15)10-5-3-4-6-11(10)14(16)17-2/h3-8H,1-2H3. The van der Waals surface area contributed by atoms with Crippen LogP contribution >= 0.6 is 11.3 Å². The van der Waals surface area contributed by atoms with E-state index in [9.17, 15) is 9.59 Å². The third-order valence-corrected chi connectivity index (χ3v) is 3.66. The second kappa shape index (κ2) is 5.14. The van der Waals surface area contributed by atoms with Gasteiger partial charge in [-0.15, -0.1) is 11.3 Å². The van der Waals surface area contributed by atoms with Gasteiger partial charge in [0.05, 0.1) is 17.6 Å². The molecule has 0 amide bonds. The first kappa shape index (κ1) is 12.5. The number of ketones is 1. The maximum atomic E-state index is 12.4. The van der Waals surface area contributed by atoms with Crippen molar-refractivity contribution >= 4 is 23.1 Å². The second-order valence-electron chi connectivity index (χ2n) is 3.80. The Hall–Kier alpha value is -1.94. The molecule has 1 heterocycles. The fraction of sp³-hybridized carbons (Fsp3) is 0.143. The fourth-order valence-corrected chi connectivity index (χ4v) is 2.58. The van der Waals surface area contributed by atoms with Crippen LogP contribution in [0.5, 0.6) is 0 Å². The van der Waals surface area contributed by atoms with E-state index < -0.39 is 5.97 Å². The van der Waals surface area contributed by atoms with E-state index in [4.69, 9.17) is 0 Å². The van der Waals surface area contributed by atoms with Gasteiger partial charge in [-0.1, -0.05) is 18.2 Å². The molecule has 0 atom stereocenters. The summed E-state index contributed by atoms with van der Waals surface area (Å²) in [5, 5.41) is 1.86. The van der Waals surface area contributed by atoms with Gasteiger partial charge >= 0.3 is 5.97 Å². The van der Waals surface area contributed by atoms with Crippen LogP contribution in [0, 0.1) is 6.92 Å². The van der Waals surface area contributed by atoms with Crippen molar-refractivity contribution in [1.82, 2.24) is 0 Å². The SMILES string of the molecule is COC(=O)c1ccccc1C(=O)c1sccc1C. The van der Waals surface area contributed by atoms with Gasteiger partial charge in [0.25, 0.3) is 0 Å². The Balaban J connectivity index is 2.49. The molecular weight excluding hydrogens is 248 g/mol. The summed E-state index contributed by atoms with van der Waals surface area (Å²) >= 11 is 1.38. The van der Waals surface area contributed by atoms with E-state index in [-0.39, 0.29) is 5.78 Å². The number of methoxy groups -OCH3 is 1. The van der Waals surface area contributed by atoms with Crippen LogP contribution in [0.15, 0.2) is 35.7 Å². The molecule has 0 radical (unpaired) electrons. The summed E-state index contributed by atoms with van der Waals surface area (Å²) in [5.74, 6) is -0.628. The van der Waals surface area contributed by atoms with E-state index in [2.05, 4.69) is 4.74 Å². The summed E-state index contributed by atoms with van der Waals surface area (Å²) in [6.45, 7) is 1.88. The lowest BCUT2D eigenvalue weighted by atomic mass is 10.0. The predicted molar refractivity (Wildman–Crippen MR) is 70.3 cm³/mol. The zero-order valence-electron chi connectivity index (χ0n) is 10.1. The van der Waals surface area contributed by atoms with Crippen molar-refractivity contribution in [3.8, 4) is 0 Å². The van der Waals surface area contributed by atoms with Crippen LogP contribution in [-0.4, -0.2) is 18.9 Å². The minimum Gasteiger partial charge on any atom is -0.465 e. The number of esters is 1. The van der Waals surface area contributed by atoms with Gasteiger partial charge in [0.15, 0.2) is 0 Å². The summed E-state index contributed by atoms with van der Waals surface area (Å²) in [6.07, 6.45) is 0. The summed E-state index contributed by atoms with van der Waals surface area (Å²) in [4.78, 5) is 24.7. The highest BCUT2D eigenvalue weighted by atomic mass is 32.1. The van der Waals surface area contributed by atoms with Crippen molar-refractivity contribution in [1.29, 1.82) is 0 Å². The Bertz CT molecular complexity index is 599. The van der Waals surface area contributed by atoms with Crippen LogP contribution in [0.2, 0.25) is 0 Å². The van der Waals surface area contributed by atoms with E-state index in [0.717, 1.165) is 5.56 Å². The normalized spacial score (nSPS) is 10.1. The van der Waals surface area contributed by atoms with Crippen LogP contribution in [0.25, 0.3) is 0 Å². The molecular formula is C14H12O3S. The van der Waals surface area contributed by atoms with Gasteiger partial charge in [0, 0.05) is 5.56 Å². The largest absolute Gasteiger partial charge is 0.465 e. The highest BCUT2D eigenvalue weighted by Gasteiger charge is 2.20. The van der Waals surface area contributed by atoms with Gasteiger partial charge in [0.1, 0.15) is 0 Å². The van der Waals surface area contributed by atoms with Crippen LogP contribution in [0.4, 0.5) is 0 Å². The maximum absolute atomic E-state index is 12.4. The van der Waals surface area contributed by atoms with Gasteiger partial charge < -0.3 is 4.74 Å². The molecule has 0 N–H and O–H groups in total. The molecule has 0 aliphatic rings.